The van der Waals surface area contributed by atoms with Crippen LogP contribution in [0.4, 0.5) is 0 Å². The summed E-state index contributed by atoms with van der Waals surface area (Å²) < 4.78 is 24.8. The molecule has 2 heterocycles. The molecule has 0 unspecified atom stereocenters. The molecule has 2 saturated heterocycles. The molecule has 2 aliphatic heterocycles. The Morgan fingerprint density at radius 1 is 1.28 bits per heavy atom. The summed E-state index contributed by atoms with van der Waals surface area (Å²) in [7, 11) is -0.263. The van der Waals surface area contributed by atoms with Gasteiger partial charge < -0.3 is 5.32 Å². The van der Waals surface area contributed by atoms with E-state index in [9.17, 15) is 13.2 Å². The molecule has 6 nitrogen and oxygen atoms in total. The average molecular weight is 365 g/mol. The fourth-order valence-electron chi connectivity index (χ4n) is 4.07. The third kappa shape index (κ3) is 3.88. The molecule has 0 spiro atoms. The summed E-state index contributed by atoms with van der Waals surface area (Å²) in [6, 6.07) is 10.9. The molecule has 1 aromatic rings. The van der Waals surface area contributed by atoms with Crippen LogP contribution in [0.2, 0.25) is 0 Å². The van der Waals surface area contributed by atoms with Gasteiger partial charge in [-0.2, -0.15) is 0 Å². The Balaban J connectivity index is 1.63. The minimum absolute atomic E-state index is 0.00992. The topological polar surface area (TPSA) is 69.7 Å². The average Bonchev–Trinajstić information content (AvgIpc) is 3.17. The first kappa shape index (κ1) is 18.4. The smallest absolute Gasteiger partial charge is 0.224 e. The molecule has 2 aliphatic rings. The van der Waals surface area contributed by atoms with Gasteiger partial charge in [-0.15, -0.1) is 0 Å². The minimum Gasteiger partial charge on any atom is -0.355 e. The monoisotopic (exact) mass is 365 g/mol. The van der Waals surface area contributed by atoms with Gasteiger partial charge in [-0.05, 0) is 31.4 Å². The molecule has 0 radical (unpaired) electrons. The number of carbonyl (C=O) groups is 1. The molecule has 3 atom stereocenters. The van der Waals surface area contributed by atoms with Crippen LogP contribution in [0.5, 0.6) is 0 Å². The first-order valence-corrected chi connectivity index (χ1v) is 10.5. The normalized spacial score (nSPS) is 26.8. The number of benzene rings is 1. The van der Waals surface area contributed by atoms with Crippen molar-refractivity contribution in [1.29, 1.82) is 0 Å². The number of hydrogen-bond donors (Lipinski definition) is 1. The van der Waals surface area contributed by atoms with Gasteiger partial charge in [-0.1, -0.05) is 30.3 Å². The number of amides is 1. The molecule has 0 saturated carbocycles. The van der Waals surface area contributed by atoms with E-state index in [1.165, 1.54) is 24.0 Å². The highest BCUT2D eigenvalue weighted by Gasteiger charge is 2.46. The number of carbonyl (C=O) groups excluding carboxylic acids is 1. The fraction of sp³-hybridized carbons (Fsp3) is 0.611. The molecule has 1 aromatic carbocycles. The number of sulfonamides is 1. The highest BCUT2D eigenvalue weighted by atomic mass is 32.2. The Morgan fingerprint density at radius 3 is 2.68 bits per heavy atom. The first-order chi connectivity index (χ1) is 11.9. The van der Waals surface area contributed by atoms with Crippen LogP contribution in [0, 0.1) is 5.92 Å². The van der Waals surface area contributed by atoms with Crippen LogP contribution in [0.1, 0.15) is 30.9 Å². The number of nitrogens with zero attached hydrogens (tertiary/aromatic N) is 2. The summed E-state index contributed by atoms with van der Waals surface area (Å²) in [6.07, 6.45) is 2.96. The SMILES string of the molecule is CN(C)S(=O)(=O)CCNC(=O)[C@H]1C[C@@H](c2ccccc2)N2CCC[C@H]12. The predicted molar refractivity (Wildman–Crippen MR) is 97.5 cm³/mol. The van der Waals surface area contributed by atoms with Gasteiger partial charge in [-0.25, -0.2) is 12.7 Å². The summed E-state index contributed by atoms with van der Waals surface area (Å²) in [6.45, 7) is 1.20. The Kier molecular flexibility index (Phi) is 5.46. The van der Waals surface area contributed by atoms with Crippen molar-refractivity contribution < 1.29 is 13.2 Å². The molecular formula is C18H27N3O3S. The summed E-state index contributed by atoms with van der Waals surface area (Å²) in [5, 5.41) is 2.85. The maximum atomic E-state index is 12.7. The second-order valence-corrected chi connectivity index (χ2v) is 9.41. The van der Waals surface area contributed by atoms with Crippen molar-refractivity contribution in [3.63, 3.8) is 0 Å². The zero-order valence-corrected chi connectivity index (χ0v) is 15.7. The number of nitrogens with one attached hydrogen (secondary N) is 1. The summed E-state index contributed by atoms with van der Waals surface area (Å²) in [5.41, 5.74) is 1.26. The van der Waals surface area contributed by atoms with E-state index in [-0.39, 0.29) is 36.2 Å². The Hall–Kier alpha value is -1.44. The maximum Gasteiger partial charge on any atom is 0.224 e. The molecule has 0 bridgehead atoms. The maximum absolute atomic E-state index is 12.7. The Labute approximate surface area is 150 Å². The van der Waals surface area contributed by atoms with Crippen LogP contribution < -0.4 is 5.32 Å². The third-order valence-corrected chi connectivity index (χ3v) is 7.25. The van der Waals surface area contributed by atoms with Gasteiger partial charge >= 0.3 is 0 Å². The van der Waals surface area contributed by atoms with E-state index in [0.717, 1.165) is 25.8 Å². The minimum atomic E-state index is -3.28. The van der Waals surface area contributed by atoms with Gasteiger partial charge in [0.05, 0.1) is 11.7 Å². The molecule has 138 valence electrons. The van der Waals surface area contributed by atoms with Gasteiger partial charge in [0, 0.05) is 32.7 Å². The van der Waals surface area contributed by atoms with Crippen LogP contribution in [0.15, 0.2) is 30.3 Å². The van der Waals surface area contributed by atoms with E-state index in [1.54, 1.807) is 0 Å². The van der Waals surface area contributed by atoms with E-state index in [2.05, 4.69) is 22.3 Å². The lowest BCUT2D eigenvalue weighted by molar-refractivity contribution is -0.125. The molecule has 2 fully saturated rings. The number of fused-ring (bicyclic) bond motifs is 1. The van der Waals surface area contributed by atoms with Crippen molar-refractivity contribution in [2.45, 2.75) is 31.3 Å². The molecule has 25 heavy (non-hydrogen) atoms. The largest absolute Gasteiger partial charge is 0.355 e. The number of hydrogen-bond acceptors (Lipinski definition) is 4. The van der Waals surface area contributed by atoms with Crippen LogP contribution in [-0.2, 0) is 14.8 Å². The molecule has 1 N–H and O–H groups in total. The third-order valence-electron chi connectivity index (χ3n) is 5.42. The van der Waals surface area contributed by atoms with Crippen molar-refractivity contribution in [2.75, 3.05) is 32.9 Å². The fourth-order valence-corrected chi connectivity index (χ4v) is 4.79. The van der Waals surface area contributed by atoms with Crippen molar-refractivity contribution in [3.8, 4) is 0 Å². The second kappa shape index (κ2) is 7.43. The predicted octanol–water partition coefficient (Wildman–Crippen LogP) is 1.22. The summed E-state index contributed by atoms with van der Waals surface area (Å²) in [5.74, 6) is -0.131. The Morgan fingerprint density at radius 2 is 2.00 bits per heavy atom. The van der Waals surface area contributed by atoms with E-state index >= 15 is 0 Å². The van der Waals surface area contributed by atoms with Gasteiger partial charge in [0.2, 0.25) is 15.9 Å². The van der Waals surface area contributed by atoms with Gasteiger partial charge in [0.15, 0.2) is 0 Å². The molecule has 0 aliphatic carbocycles. The van der Waals surface area contributed by atoms with Gasteiger partial charge in [0.25, 0.3) is 0 Å². The molecular weight excluding hydrogens is 338 g/mol. The first-order valence-electron chi connectivity index (χ1n) is 8.89. The highest BCUT2D eigenvalue weighted by Crippen LogP contribution is 2.44. The molecule has 3 rings (SSSR count). The van der Waals surface area contributed by atoms with Crippen LogP contribution >= 0.6 is 0 Å². The van der Waals surface area contributed by atoms with E-state index in [0.29, 0.717) is 0 Å². The van der Waals surface area contributed by atoms with Crippen LogP contribution in [-0.4, -0.2) is 62.5 Å². The lowest BCUT2D eigenvalue weighted by atomic mass is 9.93. The van der Waals surface area contributed by atoms with Crippen LogP contribution in [0.3, 0.4) is 0 Å². The standard InChI is InChI=1S/C18H27N3O3S/c1-20(2)25(23,24)12-10-19-18(22)15-13-17(14-7-4-3-5-8-14)21-11-6-9-16(15)21/h3-5,7-8,15-17H,6,9-13H2,1-2H3,(H,19,22)/t15-,16+,17-/m0/s1. The molecule has 1 amide bonds. The van der Waals surface area contributed by atoms with Crippen molar-refractivity contribution >= 4 is 15.9 Å². The second-order valence-electron chi connectivity index (χ2n) is 7.11. The summed E-state index contributed by atoms with van der Waals surface area (Å²) >= 11 is 0. The lowest BCUT2D eigenvalue weighted by Gasteiger charge is -2.24. The van der Waals surface area contributed by atoms with E-state index in [1.807, 2.05) is 18.2 Å². The van der Waals surface area contributed by atoms with Crippen molar-refractivity contribution in [1.82, 2.24) is 14.5 Å². The quantitative estimate of drug-likeness (QED) is 0.823. The summed E-state index contributed by atoms with van der Waals surface area (Å²) in [4.78, 5) is 15.1. The number of rotatable bonds is 6. The van der Waals surface area contributed by atoms with E-state index < -0.39 is 10.0 Å². The van der Waals surface area contributed by atoms with Gasteiger partial charge in [0.1, 0.15) is 0 Å². The lowest BCUT2D eigenvalue weighted by Crippen LogP contribution is -2.40. The van der Waals surface area contributed by atoms with Crippen molar-refractivity contribution in [3.05, 3.63) is 35.9 Å². The zero-order chi connectivity index (χ0) is 18.0. The molecule has 0 aromatic heterocycles. The highest BCUT2D eigenvalue weighted by molar-refractivity contribution is 7.89. The van der Waals surface area contributed by atoms with Gasteiger partial charge in [-0.3, -0.25) is 9.69 Å². The Bertz CT molecular complexity index is 706. The van der Waals surface area contributed by atoms with Crippen molar-refractivity contribution in [2.24, 2.45) is 5.92 Å². The molecule has 7 heteroatoms. The van der Waals surface area contributed by atoms with E-state index in [4.69, 9.17) is 0 Å². The zero-order valence-electron chi connectivity index (χ0n) is 14.9. The van der Waals surface area contributed by atoms with Crippen LogP contribution in [0.25, 0.3) is 0 Å².